The summed E-state index contributed by atoms with van der Waals surface area (Å²) in [5.74, 6) is -0.142. The molecule has 0 radical (unpaired) electrons. The Kier molecular flexibility index (Phi) is 4.55. The quantitative estimate of drug-likeness (QED) is 0.693. The lowest BCUT2D eigenvalue weighted by molar-refractivity contribution is 0.569. The van der Waals surface area contributed by atoms with Crippen molar-refractivity contribution in [1.82, 2.24) is 14.5 Å². The molecule has 1 aromatic carbocycles. The molecule has 0 fully saturated rings. The summed E-state index contributed by atoms with van der Waals surface area (Å²) in [5.41, 5.74) is 2.65. The van der Waals surface area contributed by atoms with E-state index in [1.165, 1.54) is 17.5 Å². The summed E-state index contributed by atoms with van der Waals surface area (Å²) in [4.78, 5) is 8.59. The van der Waals surface area contributed by atoms with Crippen LogP contribution in [0.3, 0.4) is 0 Å². The van der Waals surface area contributed by atoms with Gasteiger partial charge in [-0.25, -0.2) is 18.4 Å². The van der Waals surface area contributed by atoms with Gasteiger partial charge in [0.1, 0.15) is 10.8 Å². The Balaban J connectivity index is 1.94. The molecule has 0 saturated heterocycles. The van der Waals surface area contributed by atoms with Gasteiger partial charge in [-0.15, -0.1) is 11.3 Å². The summed E-state index contributed by atoms with van der Waals surface area (Å²) in [6.07, 6.45) is 3.18. The van der Waals surface area contributed by atoms with Crippen LogP contribution in [0, 0.1) is 6.92 Å². The van der Waals surface area contributed by atoms with Crippen LogP contribution in [0.5, 0.6) is 0 Å². The first-order chi connectivity index (χ1) is 11.7. The molecular formula is C18H21N3O2S2. The number of sulfone groups is 1. The van der Waals surface area contributed by atoms with Gasteiger partial charge >= 0.3 is 0 Å². The molecule has 0 saturated carbocycles. The number of nitrogens with zero attached hydrogens (tertiary/aromatic N) is 3. The van der Waals surface area contributed by atoms with E-state index in [-0.39, 0.29) is 16.3 Å². The highest BCUT2D eigenvalue weighted by molar-refractivity contribution is 7.90. The summed E-state index contributed by atoms with van der Waals surface area (Å²) in [7, 11) is -3.59. The van der Waals surface area contributed by atoms with E-state index in [4.69, 9.17) is 0 Å². The van der Waals surface area contributed by atoms with Gasteiger partial charge in [0, 0.05) is 28.9 Å². The second kappa shape index (κ2) is 6.38. The second-order valence-corrected chi connectivity index (χ2v) is 9.88. The molecule has 3 rings (SSSR count). The molecule has 0 aliphatic carbocycles. The predicted molar refractivity (Wildman–Crippen MR) is 100 cm³/mol. The van der Waals surface area contributed by atoms with E-state index in [0.29, 0.717) is 5.01 Å². The summed E-state index contributed by atoms with van der Waals surface area (Å²) in [6.45, 7) is 8.15. The smallest absolute Gasteiger partial charge is 0.232 e. The zero-order chi connectivity index (χ0) is 18.2. The Hall–Kier alpha value is -1.99. The molecule has 2 aromatic heterocycles. The van der Waals surface area contributed by atoms with Gasteiger partial charge in [-0.3, -0.25) is 4.57 Å². The third-order valence-corrected chi connectivity index (χ3v) is 6.34. The Bertz CT molecular complexity index is 995. The van der Waals surface area contributed by atoms with Crippen molar-refractivity contribution in [3.63, 3.8) is 0 Å². The minimum absolute atomic E-state index is 0.0469. The van der Waals surface area contributed by atoms with Crippen molar-refractivity contribution < 1.29 is 8.42 Å². The number of aryl methyl sites for hydroxylation is 1. The third kappa shape index (κ3) is 3.82. The molecule has 7 heteroatoms. The van der Waals surface area contributed by atoms with Crippen molar-refractivity contribution >= 4 is 21.2 Å². The van der Waals surface area contributed by atoms with Crippen molar-refractivity contribution in [3.8, 4) is 5.69 Å². The zero-order valence-corrected chi connectivity index (χ0v) is 16.4. The first-order valence-electron chi connectivity index (χ1n) is 7.95. The van der Waals surface area contributed by atoms with Crippen LogP contribution in [0.25, 0.3) is 5.69 Å². The molecule has 0 atom stereocenters. The molecule has 0 amide bonds. The maximum atomic E-state index is 12.9. The number of hydrogen-bond donors (Lipinski definition) is 0. The fraction of sp³-hybridized carbons (Fsp3) is 0.333. The topological polar surface area (TPSA) is 64.8 Å². The van der Waals surface area contributed by atoms with Gasteiger partial charge in [0.05, 0.1) is 5.69 Å². The molecule has 2 heterocycles. The number of thiazole rings is 1. The van der Waals surface area contributed by atoms with Gasteiger partial charge in [0.2, 0.25) is 15.0 Å². The van der Waals surface area contributed by atoms with Gasteiger partial charge in [-0.05, 0) is 24.6 Å². The molecule has 0 spiro atoms. The molecule has 0 N–H and O–H groups in total. The monoisotopic (exact) mass is 375 g/mol. The van der Waals surface area contributed by atoms with Gasteiger partial charge in [0.15, 0.2) is 0 Å². The molecule has 5 nitrogen and oxygen atoms in total. The van der Waals surface area contributed by atoms with Crippen molar-refractivity contribution in [3.05, 3.63) is 58.3 Å². The maximum absolute atomic E-state index is 12.9. The van der Waals surface area contributed by atoms with E-state index in [2.05, 4.69) is 30.7 Å². The second-order valence-electron chi connectivity index (χ2n) is 7.05. The van der Waals surface area contributed by atoms with Crippen LogP contribution < -0.4 is 0 Å². The lowest BCUT2D eigenvalue weighted by Crippen LogP contribution is -2.14. The van der Waals surface area contributed by atoms with E-state index >= 15 is 0 Å². The number of rotatable bonds is 4. The van der Waals surface area contributed by atoms with Crippen LogP contribution in [0.2, 0.25) is 0 Å². The van der Waals surface area contributed by atoms with Gasteiger partial charge in [-0.1, -0.05) is 32.9 Å². The van der Waals surface area contributed by atoms with E-state index in [9.17, 15) is 8.42 Å². The number of benzene rings is 1. The highest BCUT2D eigenvalue weighted by atomic mass is 32.2. The lowest BCUT2D eigenvalue weighted by atomic mass is 9.93. The lowest BCUT2D eigenvalue weighted by Gasteiger charge is -2.14. The maximum Gasteiger partial charge on any atom is 0.232 e. The van der Waals surface area contributed by atoms with Crippen LogP contribution in [0.4, 0.5) is 0 Å². The average Bonchev–Trinajstić information content (AvgIpc) is 3.15. The van der Waals surface area contributed by atoms with Crippen LogP contribution in [0.15, 0.2) is 47.2 Å². The van der Waals surface area contributed by atoms with Crippen LogP contribution in [-0.2, 0) is 21.0 Å². The van der Waals surface area contributed by atoms with E-state index in [1.54, 1.807) is 10.8 Å². The van der Waals surface area contributed by atoms with Crippen LogP contribution in [0.1, 0.15) is 37.0 Å². The van der Waals surface area contributed by atoms with Gasteiger partial charge < -0.3 is 0 Å². The Morgan fingerprint density at radius 2 is 2.00 bits per heavy atom. The van der Waals surface area contributed by atoms with Crippen LogP contribution in [-0.4, -0.2) is 23.0 Å². The standard InChI is InChI=1S/C18H21N3O2S2/c1-13-6-5-7-14(10-13)21-9-8-19-17(21)25(22,23)12-16-20-15(11-24-16)18(2,3)4/h5-11H,12H2,1-4H3. The van der Waals surface area contributed by atoms with Crippen molar-refractivity contribution in [2.24, 2.45) is 0 Å². The van der Waals surface area contributed by atoms with Gasteiger partial charge in [-0.2, -0.15) is 0 Å². The Morgan fingerprint density at radius 3 is 2.64 bits per heavy atom. The number of aromatic nitrogens is 3. The molecule has 0 unspecified atom stereocenters. The van der Waals surface area contributed by atoms with E-state index < -0.39 is 9.84 Å². The minimum atomic E-state index is -3.59. The zero-order valence-electron chi connectivity index (χ0n) is 14.7. The van der Waals surface area contributed by atoms with Crippen molar-refractivity contribution in [2.75, 3.05) is 0 Å². The largest absolute Gasteiger partial charge is 0.291 e. The third-order valence-electron chi connectivity index (χ3n) is 3.80. The molecular weight excluding hydrogens is 354 g/mol. The Labute approximate surface area is 152 Å². The van der Waals surface area contributed by atoms with Crippen LogP contribution >= 0.6 is 11.3 Å². The molecule has 25 heavy (non-hydrogen) atoms. The fourth-order valence-corrected chi connectivity index (χ4v) is 5.19. The minimum Gasteiger partial charge on any atom is -0.291 e. The van der Waals surface area contributed by atoms with E-state index in [0.717, 1.165) is 16.9 Å². The summed E-state index contributed by atoms with van der Waals surface area (Å²) >= 11 is 1.38. The van der Waals surface area contributed by atoms with Gasteiger partial charge in [0.25, 0.3) is 0 Å². The Morgan fingerprint density at radius 1 is 1.24 bits per heavy atom. The SMILES string of the molecule is Cc1cccc(-n2ccnc2S(=O)(=O)Cc2nc(C(C)(C)C)cs2)c1. The summed E-state index contributed by atoms with van der Waals surface area (Å²) < 4.78 is 27.4. The molecule has 3 aromatic rings. The van der Waals surface area contributed by atoms with Crippen molar-refractivity contribution in [1.29, 1.82) is 0 Å². The summed E-state index contributed by atoms with van der Waals surface area (Å²) in [6, 6.07) is 7.67. The first kappa shape index (κ1) is 17.8. The molecule has 132 valence electrons. The fourth-order valence-electron chi connectivity index (χ4n) is 2.44. The molecule has 0 aliphatic rings. The van der Waals surface area contributed by atoms with E-state index in [1.807, 2.05) is 36.6 Å². The average molecular weight is 376 g/mol. The predicted octanol–water partition coefficient (Wildman–Crippen LogP) is 3.91. The normalized spacial score (nSPS) is 12.5. The highest BCUT2D eigenvalue weighted by Gasteiger charge is 2.25. The molecule has 0 aliphatic heterocycles. The number of imidazole rings is 1. The molecule has 0 bridgehead atoms. The number of hydrogen-bond acceptors (Lipinski definition) is 5. The summed E-state index contributed by atoms with van der Waals surface area (Å²) in [5, 5.41) is 2.56. The first-order valence-corrected chi connectivity index (χ1v) is 10.5. The highest BCUT2D eigenvalue weighted by Crippen LogP contribution is 2.26. The van der Waals surface area contributed by atoms with Crippen molar-refractivity contribution in [2.45, 2.75) is 44.0 Å².